The van der Waals surface area contributed by atoms with E-state index in [0.29, 0.717) is 13.0 Å². The number of hydrogen-bond acceptors (Lipinski definition) is 3. The summed E-state index contributed by atoms with van der Waals surface area (Å²) in [7, 11) is 0. The smallest absolute Gasteiger partial charge is 0.218 e. The second-order valence-corrected chi connectivity index (χ2v) is 8.84. The van der Waals surface area contributed by atoms with Gasteiger partial charge >= 0.3 is 0 Å². The van der Waals surface area contributed by atoms with E-state index in [1.54, 1.807) is 11.9 Å². The molecule has 34 heavy (non-hydrogen) atoms. The van der Waals surface area contributed by atoms with Gasteiger partial charge in [-0.05, 0) is 28.6 Å². The van der Waals surface area contributed by atoms with E-state index in [4.69, 9.17) is 17.2 Å². The summed E-state index contributed by atoms with van der Waals surface area (Å²) < 4.78 is 1.59. The monoisotopic (exact) mass is 469 g/mol. The second kappa shape index (κ2) is 10.7. The average Bonchev–Trinajstić information content (AvgIpc) is 3.31. The van der Waals surface area contributed by atoms with Crippen molar-refractivity contribution >= 4 is 23.9 Å². The number of aromatic nitrogens is 2. The van der Waals surface area contributed by atoms with Crippen LogP contribution in [0, 0.1) is 0 Å². The minimum Gasteiger partial charge on any atom is -0.370 e. The van der Waals surface area contributed by atoms with Crippen LogP contribution >= 0.6 is 11.9 Å². The van der Waals surface area contributed by atoms with Crippen molar-refractivity contribution in [2.24, 2.45) is 27.2 Å². The predicted molar refractivity (Wildman–Crippen MR) is 140 cm³/mol. The number of benzene rings is 3. The Labute approximate surface area is 203 Å². The van der Waals surface area contributed by atoms with Crippen molar-refractivity contribution in [3.8, 4) is 0 Å². The molecule has 0 saturated carbocycles. The van der Waals surface area contributed by atoms with Gasteiger partial charge in [0.25, 0.3) is 0 Å². The summed E-state index contributed by atoms with van der Waals surface area (Å²) in [5.41, 5.74) is 20.8. The van der Waals surface area contributed by atoms with Gasteiger partial charge in [0.1, 0.15) is 11.1 Å². The Balaban J connectivity index is 1.70. The molecule has 1 heterocycles. The first-order chi connectivity index (χ1) is 16.6. The third kappa shape index (κ3) is 5.29. The van der Waals surface area contributed by atoms with E-state index in [1.807, 2.05) is 30.7 Å². The van der Waals surface area contributed by atoms with Crippen LogP contribution in [0.5, 0.6) is 0 Å². The maximum absolute atomic E-state index is 5.69. The molecule has 0 fully saturated rings. The van der Waals surface area contributed by atoms with E-state index < -0.39 is 4.75 Å². The Hall–Kier alpha value is -4.04. The van der Waals surface area contributed by atoms with E-state index in [-0.39, 0.29) is 11.9 Å². The number of rotatable bonds is 8. The molecular weight excluding hydrogens is 442 g/mol. The molecule has 0 unspecified atom stereocenters. The zero-order chi connectivity index (χ0) is 23.8. The predicted octanol–water partition coefficient (Wildman–Crippen LogP) is 3.50. The van der Waals surface area contributed by atoms with Gasteiger partial charge in [-0.15, -0.1) is 0 Å². The van der Waals surface area contributed by atoms with Gasteiger partial charge in [-0.1, -0.05) is 91.0 Å². The molecule has 172 valence electrons. The van der Waals surface area contributed by atoms with E-state index in [0.717, 1.165) is 5.69 Å². The minimum atomic E-state index is -0.475. The summed E-state index contributed by atoms with van der Waals surface area (Å²) in [6.07, 6.45) is 4.48. The lowest BCUT2D eigenvalue weighted by Crippen LogP contribution is -2.26. The van der Waals surface area contributed by atoms with Gasteiger partial charge < -0.3 is 17.2 Å². The minimum absolute atomic E-state index is 0.0602. The Kier molecular flexibility index (Phi) is 7.29. The lowest BCUT2D eigenvalue weighted by atomic mass is 9.84. The van der Waals surface area contributed by atoms with Gasteiger partial charge in [-0.3, -0.25) is 8.96 Å². The maximum atomic E-state index is 5.69. The summed E-state index contributed by atoms with van der Waals surface area (Å²) in [6.45, 7) is 0.436. The molecule has 0 saturated heterocycles. The van der Waals surface area contributed by atoms with Crippen molar-refractivity contribution in [1.29, 1.82) is 0 Å². The zero-order valence-corrected chi connectivity index (χ0v) is 19.5. The fraction of sp³-hybridized carbons (Fsp3) is 0.115. The van der Waals surface area contributed by atoms with Gasteiger partial charge in [-0.25, -0.2) is 4.98 Å². The van der Waals surface area contributed by atoms with Gasteiger partial charge in [0.05, 0.1) is 5.69 Å². The molecule has 0 spiro atoms. The van der Waals surface area contributed by atoms with Crippen LogP contribution in [0.4, 0.5) is 0 Å². The normalized spacial score (nSPS) is 11.8. The summed E-state index contributed by atoms with van der Waals surface area (Å²) in [5.74, 6) is -0.0499. The van der Waals surface area contributed by atoms with Crippen LogP contribution in [0.25, 0.3) is 0 Å². The molecule has 0 aliphatic carbocycles. The molecule has 6 N–H and O–H groups in total. The molecule has 7 nitrogen and oxygen atoms in total. The Morgan fingerprint density at radius 3 is 1.76 bits per heavy atom. The molecule has 0 bridgehead atoms. The average molecular weight is 470 g/mol. The van der Waals surface area contributed by atoms with E-state index in [9.17, 15) is 0 Å². The first-order valence-electron chi connectivity index (χ1n) is 10.9. The van der Waals surface area contributed by atoms with Crippen LogP contribution in [0.3, 0.4) is 0 Å². The SMILES string of the molecule is NC(N)=NC(N)=NCCc1cn(SC(c2ccccc2)(c2ccccc2)c2ccccc2)cn1. The first-order valence-corrected chi connectivity index (χ1v) is 11.6. The number of guanidine groups is 2. The lowest BCUT2D eigenvalue weighted by Gasteiger charge is -2.35. The van der Waals surface area contributed by atoms with Crippen molar-refractivity contribution in [1.82, 2.24) is 8.96 Å². The summed E-state index contributed by atoms with van der Waals surface area (Å²) in [4.78, 5) is 12.5. The highest BCUT2D eigenvalue weighted by Gasteiger charge is 2.38. The number of nitrogens with zero attached hydrogens (tertiary/aromatic N) is 4. The number of hydrogen-bond donors (Lipinski definition) is 3. The van der Waals surface area contributed by atoms with Crippen molar-refractivity contribution in [3.63, 3.8) is 0 Å². The fourth-order valence-electron chi connectivity index (χ4n) is 3.81. The Bertz CT molecular complexity index is 1150. The Morgan fingerprint density at radius 1 is 0.794 bits per heavy atom. The summed E-state index contributed by atoms with van der Waals surface area (Å²) in [6, 6.07) is 31.6. The van der Waals surface area contributed by atoms with E-state index in [2.05, 4.69) is 91.7 Å². The number of imidazole rings is 1. The molecule has 0 atom stereocenters. The molecule has 1 aromatic heterocycles. The largest absolute Gasteiger partial charge is 0.370 e. The quantitative estimate of drug-likeness (QED) is 0.207. The summed E-state index contributed by atoms with van der Waals surface area (Å²) >= 11 is 1.70. The van der Waals surface area contributed by atoms with Crippen LogP contribution in [-0.2, 0) is 11.2 Å². The number of aliphatic imine (C=N–C) groups is 2. The zero-order valence-electron chi connectivity index (χ0n) is 18.7. The lowest BCUT2D eigenvalue weighted by molar-refractivity contribution is 0.885. The first kappa shape index (κ1) is 23.1. The molecule has 3 aromatic carbocycles. The van der Waals surface area contributed by atoms with Crippen molar-refractivity contribution in [2.45, 2.75) is 11.2 Å². The van der Waals surface area contributed by atoms with Crippen molar-refractivity contribution < 1.29 is 0 Å². The third-order valence-corrected chi connectivity index (χ3v) is 6.67. The molecule has 0 radical (unpaired) electrons. The number of nitrogens with two attached hydrogens (primary N) is 3. The molecule has 0 aliphatic rings. The van der Waals surface area contributed by atoms with E-state index >= 15 is 0 Å². The standard InChI is InChI=1S/C26H27N7S/c27-24(28)32-25(29)30-17-16-23-18-33(19-31-23)34-26(20-10-4-1-5-11-20,21-12-6-2-7-13-21)22-14-8-3-9-15-22/h1-15,18-19H,16-17H2,(H6,27,28,29,30,32). The Morgan fingerprint density at radius 2 is 1.29 bits per heavy atom. The van der Waals surface area contributed by atoms with Gasteiger partial charge in [0.15, 0.2) is 5.96 Å². The topological polar surface area (TPSA) is 121 Å². The van der Waals surface area contributed by atoms with E-state index in [1.165, 1.54) is 16.7 Å². The highest BCUT2D eigenvalue weighted by Crippen LogP contribution is 2.48. The maximum Gasteiger partial charge on any atom is 0.218 e. The van der Waals surface area contributed by atoms with Crippen molar-refractivity contribution in [2.75, 3.05) is 6.54 Å². The second-order valence-electron chi connectivity index (χ2n) is 7.62. The molecule has 4 rings (SSSR count). The van der Waals surface area contributed by atoms with Crippen LogP contribution < -0.4 is 17.2 Å². The summed E-state index contributed by atoms with van der Waals surface area (Å²) in [5, 5.41) is 0. The van der Waals surface area contributed by atoms with Crippen LogP contribution in [0.1, 0.15) is 22.4 Å². The van der Waals surface area contributed by atoms with Gasteiger partial charge in [0.2, 0.25) is 5.96 Å². The van der Waals surface area contributed by atoms with Gasteiger partial charge in [0, 0.05) is 19.2 Å². The van der Waals surface area contributed by atoms with Crippen LogP contribution in [0.15, 0.2) is 114 Å². The molecule has 4 aromatic rings. The van der Waals surface area contributed by atoms with Crippen LogP contribution in [0.2, 0.25) is 0 Å². The van der Waals surface area contributed by atoms with Crippen LogP contribution in [-0.4, -0.2) is 27.4 Å². The molecule has 8 heteroatoms. The highest BCUT2D eigenvalue weighted by atomic mass is 32.2. The highest BCUT2D eigenvalue weighted by molar-refractivity contribution is 7.99. The van der Waals surface area contributed by atoms with Crippen molar-refractivity contribution in [3.05, 3.63) is 126 Å². The molecule has 0 aliphatic heterocycles. The molecule has 0 amide bonds. The van der Waals surface area contributed by atoms with Gasteiger partial charge in [-0.2, -0.15) is 4.99 Å². The third-order valence-electron chi connectivity index (χ3n) is 5.28. The fourth-order valence-corrected chi connectivity index (χ4v) is 5.12. The molecular formula is C26H27N7S.